The van der Waals surface area contributed by atoms with E-state index in [1.807, 2.05) is 41.5 Å². The molecule has 0 spiro atoms. The quantitative estimate of drug-likeness (QED) is 0.286. The van der Waals surface area contributed by atoms with Crippen molar-refractivity contribution in [2.45, 2.75) is 73.6 Å². The highest BCUT2D eigenvalue weighted by Gasteiger charge is 2.11. The summed E-state index contributed by atoms with van der Waals surface area (Å²) in [6.07, 6.45) is 2.32. The molecule has 0 aromatic carbocycles. The Morgan fingerprint density at radius 3 is 1.40 bits per heavy atom. The van der Waals surface area contributed by atoms with Gasteiger partial charge >= 0.3 is 11.9 Å². The van der Waals surface area contributed by atoms with Crippen LogP contribution in [0.2, 0.25) is 0 Å². The molecule has 0 aliphatic rings. The maximum Gasteiger partial charge on any atom is 0.317 e. The Balaban J connectivity index is 3.73. The second-order valence-electron chi connectivity index (χ2n) is 7.93. The van der Waals surface area contributed by atoms with Crippen molar-refractivity contribution >= 4 is 11.9 Å². The molecule has 0 aromatic rings. The first kappa shape index (κ1) is 23.1. The van der Waals surface area contributed by atoms with Crippen molar-refractivity contribution in [3.63, 3.8) is 0 Å². The minimum atomic E-state index is -0.554. The minimum absolute atomic E-state index is 0.0151. The van der Waals surface area contributed by atoms with Crippen LogP contribution in [0.3, 0.4) is 0 Å². The first-order chi connectivity index (χ1) is 11.5. The SMILES string of the molecule is CC(C)(C)C#CCCCOC(=O)CC(=O)OCCCC#CC(C)(C)C. The summed E-state index contributed by atoms with van der Waals surface area (Å²) in [6.45, 7) is 12.8. The van der Waals surface area contributed by atoms with Crippen LogP contribution in [0, 0.1) is 34.5 Å². The number of hydrogen-bond donors (Lipinski definition) is 0. The Bertz CT molecular complexity index is 489. The lowest BCUT2D eigenvalue weighted by atomic mass is 9.98. The number of carbonyl (C=O) groups excluding carboxylic acids is 2. The average molecular weight is 348 g/mol. The van der Waals surface area contributed by atoms with Gasteiger partial charge in [-0.3, -0.25) is 9.59 Å². The number of ether oxygens (including phenoxy) is 2. The summed E-state index contributed by atoms with van der Waals surface area (Å²) in [4.78, 5) is 23.0. The van der Waals surface area contributed by atoms with Crippen molar-refractivity contribution in [3.8, 4) is 23.7 Å². The van der Waals surface area contributed by atoms with E-state index in [0.717, 1.165) is 0 Å². The minimum Gasteiger partial charge on any atom is -0.465 e. The second kappa shape index (κ2) is 11.6. The van der Waals surface area contributed by atoms with Gasteiger partial charge in [-0.2, -0.15) is 0 Å². The highest BCUT2D eigenvalue weighted by molar-refractivity contribution is 5.91. The molecule has 0 radical (unpaired) electrons. The normalized spacial score (nSPS) is 10.8. The van der Waals surface area contributed by atoms with E-state index in [-0.39, 0.29) is 30.5 Å². The van der Waals surface area contributed by atoms with Gasteiger partial charge in [0.1, 0.15) is 6.42 Å². The van der Waals surface area contributed by atoms with E-state index < -0.39 is 11.9 Å². The number of rotatable bonds is 8. The average Bonchev–Trinajstić information content (AvgIpc) is 2.44. The van der Waals surface area contributed by atoms with Gasteiger partial charge in [0.25, 0.3) is 0 Å². The van der Waals surface area contributed by atoms with Crippen LogP contribution in [-0.2, 0) is 19.1 Å². The smallest absolute Gasteiger partial charge is 0.317 e. The second-order valence-corrected chi connectivity index (χ2v) is 7.93. The lowest BCUT2D eigenvalue weighted by molar-refractivity contribution is -0.154. The van der Waals surface area contributed by atoms with E-state index in [2.05, 4.69) is 23.7 Å². The fourth-order valence-electron chi connectivity index (χ4n) is 1.57. The molecule has 25 heavy (non-hydrogen) atoms. The zero-order valence-corrected chi connectivity index (χ0v) is 16.6. The largest absolute Gasteiger partial charge is 0.465 e. The van der Waals surface area contributed by atoms with Gasteiger partial charge in [0.15, 0.2) is 0 Å². The molecule has 0 saturated carbocycles. The molecule has 0 unspecified atom stereocenters. The van der Waals surface area contributed by atoms with Crippen molar-refractivity contribution < 1.29 is 19.1 Å². The fraction of sp³-hybridized carbons (Fsp3) is 0.714. The summed E-state index contributed by atoms with van der Waals surface area (Å²) in [6, 6.07) is 0. The van der Waals surface area contributed by atoms with Crippen LogP contribution in [0.5, 0.6) is 0 Å². The summed E-state index contributed by atoms with van der Waals surface area (Å²) in [5, 5.41) is 0. The summed E-state index contributed by atoms with van der Waals surface area (Å²) in [5.41, 5.74) is -0.0302. The molecule has 0 aliphatic carbocycles. The van der Waals surface area contributed by atoms with Crippen molar-refractivity contribution in [2.75, 3.05) is 13.2 Å². The molecule has 4 nitrogen and oxygen atoms in total. The highest BCUT2D eigenvalue weighted by atomic mass is 16.6. The van der Waals surface area contributed by atoms with Gasteiger partial charge in [0, 0.05) is 23.7 Å². The van der Waals surface area contributed by atoms with Crippen LogP contribution in [0.1, 0.15) is 73.6 Å². The zero-order valence-electron chi connectivity index (χ0n) is 16.6. The molecule has 140 valence electrons. The van der Waals surface area contributed by atoms with Crippen LogP contribution >= 0.6 is 0 Å². The molecule has 0 aromatic heterocycles. The molecule has 4 heteroatoms. The number of carbonyl (C=O) groups is 2. The third-order valence-electron chi connectivity index (χ3n) is 2.63. The van der Waals surface area contributed by atoms with Gasteiger partial charge < -0.3 is 9.47 Å². The van der Waals surface area contributed by atoms with Gasteiger partial charge in [0.2, 0.25) is 0 Å². The topological polar surface area (TPSA) is 52.6 Å². The standard InChI is InChI=1S/C21H32O4/c1-20(2,3)13-9-7-11-15-24-18(22)17-19(23)25-16-12-8-10-14-21(4,5)6/h7-8,11-12,15-17H2,1-6H3. The molecule has 0 fully saturated rings. The summed E-state index contributed by atoms with van der Waals surface area (Å²) in [5.74, 6) is 11.2. The van der Waals surface area contributed by atoms with Crippen LogP contribution in [0.15, 0.2) is 0 Å². The van der Waals surface area contributed by atoms with Gasteiger partial charge in [-0.25, -0.2) is 0 Å². The van der Waals surface area contributed by atoms with E-state index >= 15 is 0 Å². The first-order valence-electron chi connectivity index (χ1n) is 8.81. The molecule has 0 heterocycles. The van der Waals surface area contributed by atoms with Gasteiger partial charge in [-0.05, 0) is 54.4 Å². The molecular formula is C21H32O4. The third kappa shape index (κ3) is 18.2. The maximum atomic E-state index is 11.5. The molecule has 0 aliphatic heterocycles. The van der Waals surface area contributed by atoms with Crippen molar-refractivity contribution in [1.82, 2.24) is 0 Å². The van der Waals surface area contributed by atoms with Crippen molar-refractivity contribution in [2.24, 2.45) is 10.8 Å². The van der Waals surface area contributed by atoms with Gasteiger partial charge in [-0.1, -0.05) is 11.8 Å². The van der Waals surface area contributed by atoms with E-state index in [1.54, 1.807) is 0 Å². The van der Waals surface area contributed by atoms with Crippen LogP contribution in [-0.4, -0.2) is 25.2 Å². The Kier molecular flexibility index (Phi) is 10.7. The summed E-state index contributed by atoms with van der Waals surface area (Å²) >= 11 is 0. The molecule has 0 bridgehead atoms. The van der Waals surface area contributed by atoms with Crippen LogP contribution in [0.25, 0.3) is 0 Å². The monoisotopic (exact) mass is 348 g/mol. The fourth-order valence-corrected chi connectivity index (χ4v) is 1.57. The van der Waals surface area contributed by atoms with E-state index in [1.165, 1.54) is 0 Å². The van der Waals surface area contributed by atoms with Crippen molar-refractivity contribution in [3.05, 3.63) is 0 Å². The predicted octanol–water partition coefficient (Wildman–Crippen LogP) is 4.12. The Labute approximate surface area is 153 Å². The zero-order chi connectivity index (χ0) is 19.3. The van der Waals surface area contributed by atoms with Gasteiger partial charge in [0.05, 0.1) is 13.2 Å². The molecule has 0 atom stereocenters. The molecule has 0 saturated heterocycles. The lowest BCUT2D eigenvalue weighted by Crippen LogP contribution is -2.15. The lowest BCUT2D eigenvalue weighted by Gasteiger charge is -2.07. The number of hydrogen-bond acceptors (Lipinski definition) is 4. The van der Waals surface area contributed by atoms with Gasteiger partial charge in [-0.15, -0.1) is 11.8 Å². The predicted molar refractivity (Wildman–Crippen MR) is 99.5 cm³/mol. The molecule has 0 N–H and O–H groups in total. The van der Waals surface area contributed by atoms with Crippen LogP contribution in [0.4, 0.5) is 0 Å². The Morgan fingerprint density at radius 2 is 1.08 bits per heavy atom. The number of unbranched alkanes of at least 4 members (excludes halogenated alkanes) is 2. The summed E-state index contributed by atoms with van der Waals surface area (Å²) in [7, 11) is 0. The molecule has 0 amide bonds. The first-order valence-corrected chi connectivity index (χ1v) is 8.81. The Hall–Kier alpha value is -1.94. The van der Waals surface area contributed by atoms with Crippen LogP contribution < -0.4 is 0 Å². The molecule has 0 rings (SSSR count). The van der Waals surface area contributed by atoms with E-state index in [4.69, 9.17) is 9.47 Å². The van der Waals surface area contributed by atoms with E-state index in [9.17, 15) is 9.59 Å². The molecular weight excluding hydrogens is 316 g/mol. The third-order valence-corrected chi connectivity index (χ3v) is 2.63. The maximum absolute atomic E-state index is 11.5. The number of esters is 2. The summed E-state index contributed by atoms with van der Waals surface area (Å²) < 4.78 is 9.99. The van der Waals surface area contributed by atoms with E-state index in [0.29, 0.717) is 25.7 Å². The highest BCUT2D eigenvalue weighted by Crippen LogP contribution is 2.10. The Morgan fingerprint density at radius 1 is 0.720 bits per heavy atom. The van der Waals surface area contributed by atoms with Crippen molar-refractivity contribution in [1.29, 1.82) is 0 Å².